The van der Waals surface area contributed by atoms with E-state index >= 15 is 0 Å². The maximum Gasteiger partial charge on any atom is 0.257 e. The Labute approximate surface area is 123 Å². The molecule has 1 aliphatic carbocycles. The van der Waals surface area contributed by atoms with E-state index in [-0.39, 0.29) is 5.91 Å². The van der Waals surface area contributed by atoms with Crippen LogP contribution in [0.4, 0.5) is 0 Å². The molecule has 108 valence electrons. The van der Waals surface area contributed by atoms with Gasteiger partial charge in [-0.1, -0.05) is 6.07 Å². The van der Waals surface area contributed by atoms with Gasteiger partial charge in [-0.15, -0.1) is 0 Å². The van der Waals surface area contributed by atoms with Crippen LogP contribution in [0.2, 0.25) is 0 Å². The van der Waals surface area contributed by atoms with Crippen LogP contribution in [0.5, 0.6) is 0 Å². The highest BCUT2D eigenvalue weighted by Crippen LogP contribution is 2.34. The Morgan fingerprint density at radius 1 is 1.24 bits per heavy atom. The van der Waals surface area contributed by atoms with Gasteiger partial charge in [-0.3, -0.25) is 14.5 Å². The summed E-state index contributed by atoms with van der Waals surface area (Å²) in [5.74, 6) is 0.509. The van der Waals surface area contributed by atoms with Gasteiger partial charge in [-0.05, 0) is 30.9 Å². The van der Waals surface area contributed by atoms with Gasteiger partial charge in [0.1, 0.15) is 0 Å². The Morgan fingerprint density at radius 2 is 2.14 bits per heavy atom. The predicted molar refractivity (Wildman–Crippen MR) is 78.0 cm³/mol. The second kappa shape index (κ2) is 4.98. The molecule has 0 N–H and O–H groups in total. The molecule has 21 heavy (non-hydrogen) atoms. The zero-order chi connectivity index (χ0) is 14.2. The average Bonchev–Trinajstić information content (AvgIpc) is 3.06. The van der Waals surface area contributed by atoms with Crippen LogP contribution in [-0.2, 0) is 0 Å². The van der Waals surface area contributed by atoms with Crippen molar-refractivity contribution in [2.45, 2.75) is 31.2 Å². The molecular formula is C16H18N4O. The lowest BCUT2D eigenvalue weighted by molar-refractivity contribution is 0.0790. The summed E-state index contributed by atoms with van der Waals surface area (Å²) in [5.41, 5.74) is 1.94. The summed E-state index contributed by atoms with van der Waals surface area (Å²) >= 11 is 0. The maximum absolute atomic E-state index is 12.5. The van der Waals surface area contributed by atoms with E-state index in [0.29, 0.717) is 17.5 Å². The Morgan fingerprint density at radius 3 is 2.90 bits per heavy atom. The molecule has 5 nitrogen and oxygen atoms in total. The van der Waals surface area contributed by atoms with Gasteiger partial charge in [0.15, 0.2) is 0 Å². The fourth-order valence-electron chi connectivity index (χ4n) is 3.00. The minimum absolute atomic E-state index is 0.105. The molecule has 2 aromatic rings. The summed E-state index contributed by atoms with van der Waals surface area (Å²) in [6.07, 6.45) is 10.7. The fourth-order valence-corrected chi connectivity index (χ4v) is 3.00. The first-order valence-electron chi connectivity index (χ1n) is 7.54. The van der Waals surface area contributed by atoms with E-state index < -0.39 is 0 Å². The lowest BCUT2D eigenvalue weighted by atomic mass is 10.0. The van der Waals surface area contributed by atoms with Crippen LogP contribution >= 0.6 is 0 Å². The Bertz CT molecular complexity index is 647. The minimum Gasteiger partial charge on any atom is -0.338 e. The summed E-state index contributed by atoms with van der Waals surface area (Å²) < 4.78 is 1.93. The quantitative estimate of drug-likeness (QED) is 0.867. The number of likely N-dealkylation sites (tertiary alicyclic amines) is 1. The van der Waals surface area contributed by atoms with Crippen LogP contribution in [0.3, 0.4) is 0 Å². The first kappa shape index (κ1) is 12.6. The van der Waals surface area contributed by atoms with Crippen molar-refractivity contribution in [1.29, 1.82) is 0 Å². The topological polar surface area (TPSA) is 51.0 Å². The third kappa shape index (κ3) is 2.44. The molecule has 0 bridgehead atoms. The Hall–Kier alpha value is -2.17. The molecule has 1 unspecified atom stereocenters. The first-order chi connectivity index (χ1) is 10.3. The molecule has 1 aliphatic heterocycles. The van der Waals surface area contributed by atoms with Gasteiger partial charge in [0.2, 0.25) is 0 Å². The number of hydrogen-bond donors (Lipinski definition) is 0. The van der Waals surface area contributed by atoms with Crippen molar-refractivity contribution in [3.8, 4) is 0 Å². The fraction of sp³-hybridized carbons (Fsp3) is 0.438. The Kier molecular flexibility index (Phi) is 2.98. The first-order valence-corrected chi connectivity index (χ1v) is 7.54. The number of aromatic nitrogens is 3. The molecule has 1 saturated heterocycles. The number of pyridine rings is 1. The monoisotopic (exact) mass is 282 g/mol. The maximum atomic E-state index is 12.5. The van der Waals surface area contributed by atoms with E-state index in [1.807, 2.05) is 28.0 Å². The second-order valence-corrected chi connectivity index (χ2v) is 5.96. The molecule has 4 rings (SSSR count). The van der Waals surface area contributed by atoms with E-state index in [4.69, 9.17) is 0 Å². The van der Waals surface area contributed by atoms with Crippen LogP contribution in [0, 0.1) is 0 Å². The SMILES string of the molecule is O=C(c1cnn(C2CC2)c1)N1CCC(c2cccnc2)C1. The van der Waals surface area contributed by atoms with Gasteiger partial charge in [-0.2, -0.15) is 5.10 Å². The minimum atomic E-state index is 0.105. The third-order valence-electron chi connectivity index (χ3n) is 4.40. The number of carbonyl (C=O) groups excluding carboxylic acids is 1. The van der Waals surface area contributed by atoms with Gasteiger partial charge < -0.3 is 4.90 Å². The molecular weight excluding hydrogens is 264 g/mol. The van der Waals surface area contributed by atoms with Crippen LogP contribution in [0.15, 0.2) is 36.9 Å². The van der Waals surface area contributed by atoms with Gasteiger partial charge >= 0.3 is 0 Å². The molecule has 2 aliphatic rings. The number of nitrogens with zero attached hydrogens (tertiary/aromatic N) is 4. The predicted octanol–water partition coefficient (Wildman–Crippen LogP) is 2.24. The average molecular weight is 282 g/mol. The summed E-state index contributed by atoms with van der Waals surface area (Å²) in [7, 11) is 0. The van der Waals surface area contributed by atoms with Crippen molar-refractivity contribution < 1.29 is 4.79 Å². The molecule has 5 heteroatoms. The second-order valence-electron chi connectivity index (χ2n) is 5.96. The van der Waals surface area contributed by atoms with Crippen molar-refractivity contribution in [1.82, 2.24) is 19.7 Å². The normalized spacial score (nSPS) is 21.7. The Balaban J connectivity index is 1.45. The van der Waals surface area contributed by atoms with Crippen LogP contribution in [0.1, 0.15) is 47.1 Å². The molecule has 0 spiro atoms. The highest BCUT2D eigenvalue weighted by Gasteiger charge is 2.30. The third-order valence-corrected chi connectivity index (χ3v) is 4.40. The van der Waals surface area contributed by atoms with Crippen molar-refractivity contribution in [2.24, 2.45) is 0 Å². The molecule has 1 amide bonds. The number of carbonyl (C=O) groups is 1. The number of hydrogen-bond acceptors (Lipinski definition) is 3. The van der Waals surface area contributed by atoms with Crippen molar-refractivity contribution in [3.63, 3.8) is 0 Å². The number of rotatable bonds is 3. The number of amides is 1. The summed E-state index contributed by atoms with van der Waals surface area (Å²) in [5, 5.41) is 4.31. The molecule has 0 radical (unpaired) electrons. The molecule has 3 heterocycles. The highest BCUT2D eigenvalue weighted by molar-refractivity contribution is 5.94. The summed E-state index contributed by atoms with van der Waals surface area (Å²) in [6.45, 7) is 1.59. The molecule has 2 aromatic heterocycles. The van der Waals surface area contributed by atoms with Gasteiger partial charge in [0.05, 0.1) is 17.8 Å². The van der Waals surface area contributed by atoms with Crippen LogP contribution in [-0.4, -0.2) is 38.7 Å². The van der Waals surface area contributed by atoms with Crippen molar-refractivity contribution in [2.75, 3.05) is 13.1 Å². The highest BCUT2D eigenvalue weighted by atomic mass is 16.2. The summed E-state index contributed by atoms with van der Waals surface area (Å²) in [4.78, 5) is 18.6. The van der Waals surface area contributed by atoms with E-state index in [9.17, 15) is 4.79 Å². The standard InChI is InChI=1S/C16H18N4O/c21-16(14-9-18-20(11-14)15-3-4-15)19-7-5-13(10-19)12-2-1-6-17-8-12/h1-2,6,8-9,11,13,15H,3-5,7,10H2. The van der Waals surface area contributed by atoms with Crippen molar-refractivity contribution in [3.05, 3.63) is 48.0 Å². The van der Waals surface area contributed by atoms with E-state index in [2.05, 4.69) is 16.1 Å². The van der Waals surface area contributed by atoms with Crippen LogP contribution < -0.4 is 0 Å². The molecule has 1 atom stereocenters. The van der Waals surface area contributed by atoms with Gasteiger partial charge in [-0.25, -0.2) is 0 Å². The lowest BCUT2D eigenvalue weighted by Gasteiger charge is -2.15. The van der Waals surface area contributed by atoms with Gasteiger partial charge in [0, 0.05) is 37.6 Å². The smallest absolute Gasteiger partial charge is 0.257 e. The van der Waals surface area contributed by atoms with Crippen molar-refractivity contribution >= 4 is 5.91 Å². The van der Waals surface area contributed by atoms with Gasteiger partial charge in [0.25, 0.3) is 5.91 Å². The van der Waals surface area contributed by atoms with E-state index in [1.54, 1.807) is 12.4 Å². The summed E-state index contributed by atoms with van der Waals surface area (Å²) in [6, 6.07) is 4.57. The molecule has 1 saturated carbocycles. The molecule has 2 fully saturated rings. The zero-order valence-corrected chi connectivity index (χ0v) is 11.9. The van der Waals surface area contributed by atoms with Crippen LogP contribution in [0.25, 0.3) is 0 Å². The largest absolute Gasteiger partial charge is 0.338 e. The van der Waals surface area contributed by atoms with E-state index in [0.717, 1.165) is 19.5 Å². The molecule has 0 aromatic carbocycles. The van der Waals surface area contributed by atoms with E-state index in [1.165, 1.54) is 18.4 Å². The lowest BCUT2D eigenvalue weighted by Crippen LogP contribution is -2.28. The zero-order valence-electron chi connectivity index (χ0n) is 11.9.